The number of ether oxygens (including phenoxy) is 2. The van der Waals surface area contributed by atoms with Crippen molar-refractivity contribution in [2.75, 3.05) is 7.11 Å². The van der Waals surface area contributed by atoms with Crippen molar-refractivity contribution in [3.8, 4) is 0 Å². The van der Waals surface area contributed by atoms with Gasteiger partial charge in [-0.3, -0.25) is 0 Å². The Kier molecular flexibility index (Phi) is 5.30. The van der Waals surface area contributed by atoms with Crippen LogP contribution in [0.25, 0.3) is 0 Å². The van der Waals surface area contributed by atoms with Crippen molar-refractivity contribution in [3.63, 3.8) is 0 Å². The van der Waals surface area contributed by atoms with Crippen molar-refractivity contribution in [1.82, 2.24) is 0 Å². The fraction of sp³-hybridized carbons (Fsp3) is 0.571. The molecular weight excluding hydrogens is 318 g/mol. The van der Waals surface area contributed by atoms with Gasteiger partial charge in [-0.1, -0.05) is 0 Å². The molecule has 19 heavy (non-hydrogen) atoms. The normalized spacial score (nSPS) is 23.6. The van der Waals surface area contributed by atoms with Crippen LogP contribution in [-0.2, 0) is 16.1 Å². The Hall–Kier alpha value is -0.520. The van der Waals surface area contributed by atoms with Crippen LogP contribution < -0.4 is 0 Å². The van der Waals surface area contributed by atoms with E-state index in [0.717, 1.165) is 25.7 Å². The molecule has 1 aliphatic rings. The molecule has 106 valence electrons. The van der Waals surface area contributed by atoms with Gasteiger partial charge in [0.25, 0.3) is 0 Å². The van der Waals surface area contributed by atoms with Crippen LogP contribution in [0.15, 0.2) is 16.6 Å². The van der Waals surface area contributed by atoms with Crippen molar-refractivity contribution < 1.29 is 18.3 Å². The first kappa shape index (κ1) is 14.9. The highest BCUT2D eigenvalue weighted by molar-refractivity contribution is 9.10. The highest BCUT2D eigenvalue weighted by atomic mass is 79.9. The summed E-state index contributed by atoms with van der Waals surface area (Å²) >= 11 is 3.05. The van der Waals surface area contributed by atoms with E-state index >= 15 is 0 Å². The van der Waals surface area contributed by atoms with Gasteiger partial charge < -0.3 is 9.47 Å². The zero-order chi connectivity index (χ0) is 13.8. The van der Waals surface area contributed by atoms with Gasteiger partial charge in [0.1, 0.15) is 11.6 Å². The smallest absolute Gasteiger partial charge is 0.145 e. The monoisotopic (exact) mass is 334 g/mol. The number of benzene rings is 1. The molecule has 0 N–H and O–H groups in total. The third-order valence-electron chi connectivity index (χ3n) is 3.51. The first-order chi connectivity index (χ1) is 9.11. The van der Waals surface area contributed by atoms with E-state index in [1.54, 1.807) is 7.11 Å². The summed E-state index contributed by atoms with van der Waals surface area (Å²) in [6.07, 6.45) is 3.94. The Balaban J connectivity index is 1.97. The maximum atomic E-state index is 13.8. The van der Waals surface area contributed by atoms with E-state index in [9.17, 15) is 8.78 Å². The largest absolute Gasteiger partial charge is 0.381 e. The molecule has 0 heterocycles. The lowest BCUT2D eigenvalue weighted by atomic mass is 9.95. The number of rotatable bonds is 4. The van der Waals surface area contributed by atoms with Gasteiger partial charge in [0.2, 0.25) is 0 Å². The summed E-state index contributed by atoms with van der Waals surface area (Å²) in [7, 11) is 1.68. The van der Waals surface area contributed by atoms with E-state index in [1.807, 2.05) is 0 Å². The molecule has 2 atom stereocenters. The van der Waals surface area contributed by atoms with Crippen LogP contribution in [-0.4, -0.2) is 19.3 Å². The lowest BCUT2D eigenvalue weighted by Gasteiger charge is -2.28. The van der Waals surface area contributed by atoms with Gasteiger partial charge in [0, 0.05) is 7.11 Å². The van der Waals surface area contributed by atoms with Crippen molar-refractivity contribution in [2.24, 2.45) is 0 Å². The summed E-state index contributed by atoms with van der Waals surface area (Å²) in [5.74, 6) is -1.15. The fourth-order valence-corrected chi connectivity index (χ4v) is 2.74. The van der Waals surface area contributed by atoms with Crippen molar-refractivity contribution >= 4 is 15.9 Å². The minimum absolute atomic E-state index is 0.0106. The summed E-state index contributed by atoms with van der Waals surface area (Å²) in [4.78, 5) is 0. The molecular formula is C14H17BrF2O2. The summed E-state index contributed by atoms with van der Waals surface area (Å²) < 4.78 is 38.5. The third-order valence-corrected chi connectivity index (χ3v) is 4.13. The zero-order valence-corrected chi connectivity index (χ0v) is 12.4. The Morgan fingerprint density at radius 1 is 1.26 bits per heavy atom. The van der Waals surface area contributed by atoms with Crippen LogP contribution >= 0.6 is 15.9 Å². The average Bonchev–Trinajstić information content (AvgIpc) is 2.43. The van der Waals surface area contributed by atoms with Crippen LogP contribution in [0.2, 0.25) is 0 Å². The molecule has 0 aliphatic heterocycles. The summed E-state index contributed by atoms with van der Waals surface area (Å²) in [5.41, 5.74) is -0.0195. The minimum atomic E-state index is -0.584. The van der Waals surface area contributed by atoms with Gasteiger partial charge in [0.15, 0.2) is 0 Å². The zero-order valence-electron chi connectivity index (χ0n) is 10.8. The van der Waals surface area contributed by atoms with E-state index < -0.39 is 11.6 Å². The number of hydrogen-bond donors (Lipinski definition) is 0. The van der Waals surface area contributed by atoms with Gasteiger partial charge in [-0.2, -0.15) is 0 Å². The Labute approximate surface area is 120 Å². The number of methoxy groups -OCH3 is 1. The summed E-state index contributed by atoms with van der Waals surface area (Å²) in [6.45, 7) is -0.0434. The molecule has 0 radical (unpaired) electrons. The van der Waals surface area contributed by atoms with Crippen LogP contribution in [0.3, 0.4) is 0 Å². The lowest BCUT2D eigenvalue weighted by Crippen LogP contribution is -2.27. The molecule has 0 bridgehead atoms. The average molecular weight is 335 g/mol. The Morgan fingerprint density at radius 3 is 2.74 bits per heavy atom. The number of hydrogen-bond acceptors (Lipinski definition) is 2. The molecule has 0 saturated heterocycles. The molecule has 1 aromatic rings. The molecule has 1 aliphatic carbocycles. The molecule has 0 spiro atoms. The quantitative estimate of drug-likeness (QED) is 0.768. The molecule has 2 nitrogen and oxygen atoms in total. The Bertz CT molecular complexity index is 440. The maximum absolute atomic E-state index is 13.8. The topological polar surface area (TPSA) is 18.5 Å². The van der Waals surface area contributed by atoms with E-state index in [4.69, 9.17) is 9.47 Å². The molecule has 2 rings (SSSR count). The number of halogens is 3. The van der Waals surface area contributed by atoms with Gasteiger partial charge in [-0.25, -0.2) is 8.78 Å². The predicted octanol–water partition coefficient (Wildman–Crippen LogP) is 4.20. The lowest BCUT2D eigenvalue weighted by molar-refractivity contribution is -0.0376. The van der Waals surface area contributed by atoms with Crippen molar-refractivity contribution in [2.45, 2.75) is 44.5 Å². The van der Waals surface area contributed by atoms with Crippen LogP contribution in [0, 0.1) is 11.6 Å². The first-order valence-electron chi connectivity index (χ1n) is 6.38. The van der Waals surface area contributed by atoms with Crippen molar-refractivity contribution in [3.05, 3.63) is 33.8 Å². The van der Waals surface area contributed by atoms with E-state index in [0.29, 0.717) is 0 Å². The van der Waals surface area contributed by atoms with E-state index in [-0.39, 0.29) is 28.9 Å². The standard InChI is InChI=1S/C14H17BrF2O2/c1-18-9-3-2-4-10(7-9)19-8-11-13(16)6-5-12(15)14(11)17/h5-6,9-10H,2-4,7-8H2,1H3. The third kappa shape index (κ3) is 3.74. The second kappa shape index (κ2) is 6.77. The second-order valence-electron chi connectivity index (χ2n) is 4.78. The van der Waals surface area contributed by atoms with Crippen LogP contribution in [0.4, 0.5) is 8.78 Å². The molecule has 0 amide bonds. The van der Waals surface area contributed by atoms with Gasteiger partial charge in [-0.15, -0.1) is 0 Å². The van der Waals surface area contributed by atoms with Gasteiger partial charge in [0.05, 0.1) is 28.9 Å². The summed E-state index contributed by atoms with van der Waals surface area (Å²) in [5, 5.41) is 0. The predicted molar refractivity (Wildman–Crippen MR) is 71.9 cm³/mol. The molecule has 1 fully saturated rings. The highest BCUT2D eigenvalue weighted by Crippen LogP contribution is 2.26. The molecule has 5 heteroatoms. The van der Waals surface area contributed by atoms with E-state index in [2.05, 4.69) is 15.9 Å². The highest BCUT2D eigenvalue weighted by Gasteiger charge is 2.23. The first-order valence-corrected chi connectivity index (χ1v) is 7.18. The maximum Gasteiger partial charge on any atom is 0.145 e. The van der Waals surface area contributed by atoms with Crippen LogP contribution in [0.1, 0.15) is 31.2 Å². The second-order valence-corrected chi connectivity index (χ2v) is 5.63. The Morgan fingerprint density at radius 2 is 2.00 bits per heavy atom. The van der Waals surface area contributed by atoms with Gasteiger partial charge >= 0.3 is 0 Å². The fourth-order valence-electron chi connectivity index (χ4n) is 2.37. The summed E-state index contributed by atoms with van der Waals surface area (Å²) in [6, 6.07) is 2.60. The molecule has 1 aromatic carbocycles. The van der Waals surface area contributed by atoms with Gasteiger partial charge in [-0.05, 0) is 53.7 Å². The molecule has 1 saturated carbocycles. The van der Waals surface area contributed by atoms with Crippen LogP contribution in [0.5, 0.6) is 0 Å². The van der Waals surface area contributed by atoms with E-state index in [1.165, 1.54) is 12.1 Å². The van der Waals surface area contributed by atoms with Crippen molar-refractivity contribution in [1.29, 1.82) is 0 Å². The minimum Gasteiger partial charge on any atom is -0.381 e. The molecule has 0 aromatic heterocycles. The SMILES string of the molecule is COC1CCCC(OCc2c(F)ccc(Br)c2F)C1. The molecule has 2 unspecified atom stereocenters.